The number of piperidine rings is 1. The van der Waals surface area contributed by atoms with Gasteiger partial charge in [-0.1, -0.05) is 42.8 Å². The Hall–Kier alpha value is -1.53. The zero-order valence-corrected chi connectivity index (χ0v) is 16.7. The molecule has 6 heteroatoms. The molecule has 1 heterocycles. The van der Waals surface area contributed by atoms with Gasteiger partial charge in [-0.2, -0.15) is 0 Å². The van der Waals surface area contributed by atoms with Gasteiger partial charge in [0, 0.05) is 30.3 Å². The molecule has 0 saturated carbocycles. The number of carboxylic acids is 1. The molecule has 150 valence electrons. The highest BCUT2D eigenvalue weighted by atomic mass is 32.2. The standard InChI is InChI=1S/C21H31NO4S/c23-19-12-8-9-17(22(19)16-7-2-1-6-13-20(24)25)14-15-21(26)27-18-10-4-3-5-11-18/h3-5,10-11,17,21,26H,1-2,6-9,12-16H2,(H,24,25)/t17-,21?/m1/s1. The third kappa shape index (κ3) is 8.35. The van der Waals surface area contributed by atoms with Crippen molar-refractivity contribution >= 4 is 23.6 Å². The summed E-state index contributed by atoms with van der Waals surface area (Å²) in [6, 6.07) is 10.1. The van der Waals surface area contributed by atoms with Crippen LogP contribution in [0.1, 0.15) is 64.2 Å². The number of nitrogens with zero attached hydrogens (tertiary/aromatic N) is 1. The van der Waals surface area contributed by atoms with Gasteiger partial charge in [0.1, 0.15) is 5.44 Å². The molecular weight excluding hydrogens is 362 g/mol. The van der Waals surface area contributed by atoms with Crippen LogP contribution in [0.15, 0.2) is 35.2 Å². The van der Waals surface area contributed by atoms with E-state index in [0.717, 1.165) is 50.0 Å². The molecule has 0 radical (unpaired) electrons. The summed E-state index contributed by atoms with van der Waals surface area (Å²) in [7, 11) is 0. The van der Waals surface area contributed by atoms with E-state index in [1.165, 1.54) is 11.8 Å². The highest BCUT2D eigenvalue weighted by molar-refractivity contribution is 7.99. The van der Waals surface area contributed by atoms with Crippen LogP contribution in [-0.4, -0.2) is 45.0 Å². The number of unbranched alkanes of at least 4 members (excludes halogenated alkanes) is 3. The number of hydrogen-bond donors (Lipinski definition) is 2. The number of carbonyl (C=O) groups excluding carboxylic acids is 1. The Kier molecular flexibility index (Phi) is 9.70. The average Bonchev–Trinajstić information content (AvgIpc) is 2.65. The summed E-state index contributed by atoms with van der Waals surface area (Å²) in [4.78, 5) is 25.9. The van der Waals surface area contributed by atoms with Crippen molar-refractivity contribution in [1.82, 2.24) is 4.90 Å². The van der Waals surface area contributed by atoms with Crippen LogP contribution in [0.25, 0.3) is 0 Å². The lowest BCUT2D eigenvalue weighted by molar-refractivity contribution is -0.137. The van der Waals surface area contributed by atoms with Crippen molar-refractivity contribution in [3.05, 3.63) is 30.3 Å². The molecule has 1 aromatic carbocycles. The molecule has 2 atom stereocenters. The number of aliphatic carboxylic acids is 1. The van der Waals surface area contributed by atoms with Crippen molar-refractivity contribution in [2.24, 2.45) is 0 Å². The van der Waals surface area contributed by atoms with Crippen LogP contribution in [0.2, 0.25) is 0 Å². The molecule has 1 fully saturated rings. The van der Waals surface area contributed by atoms with E-state index in [0.29, 0.717) is 19.3 Å². The number of thioether (sulfide) groups is 1. The van der Waals surface area contributed by atoms with Gasteiger partial charge in [-0.25, -0.2) is 0 Å². The number of carboxylic acid groups (broad SMARTS) is 1. The minimum atomic E-state index is -0.742. The molecule has 5 nitrogen and oxygen atoms in total. The van der Waals surface area contributed by atoms with Gasteiger partial charge in [-0.05, 0) is 50.7 Å². The fourth-order valence-corrected chi connectivity index (χ4v) is 4.44. The summed E-state index contributed by atoms with van der Waals surface area (Å²) >= 11 is 1.47. The van der Waals surface area contributed by atoms with Gasteiger partial charge >= 0.3 is 5.97 Å². The molecule has 2 rings (SSSR count). The van der Waals surface area contributed by atoms with Crippen molar-refractivity contribution < 1.29 is 19.8 Å². The lowest BCUT2D eigenvalue weighted by atomic mass is 9.97. The minimum Gasteiger partial charge on any atom is -0.481 e. The van der Waals surface area contributed by atoms with Crippen LogP contribution < -0.4 is 0 Å². The number of rotatable bonds is 12. The average molecular weight is 394 g/mol. The van der Waals surface area contributed by atoms with Crippen LogP contribution >= 0.6 is 11.8 Å². The predicted molar refractivity (Wildman–Crippen MR) is 108 cm³/mol. The molecule has 1 aliphatic heterocycles. The Morgan fingerprint density at radius 2 is 1.93 bits per heavy atom. The second-order valence-electron chi connectivity index (χ2n) is 7.15. The molecule has 1 aliphatic rings. The number of likely N-dealkylation sites (tertiary alicyclic amines) is 1. The fourth-order valence-electron chi connectivity index (χ4n) is 3.56. The van der Waals surface area contributed by atoms with E-state index < -0.39 is 11.4 Å². The molecule has 0 aliphatic carbocycles. The first-order valence-electron chi connectivity index (χ1n) is 9.97. The Balaban J connectivity index is 1.72. The number of benzene rings is 1. The highest BCUT2D eigenvalue weighted by Crippen LogP contribution is 2.28. The van der Waals surface area contributed by atoms with Gasteiger partial charge in [0.05, 0.1) is 0 Å². The molecular formula is C21H31NO4S. The summed E-state index contributed by atoms with van der Waals surface area (Å²) in [6.45, 7) is 0.749. The second kappa shape index (κ2) is 12.0. The molecule has 27 heavy (non-hydrogen) atoms. The summed E-state index contributed by atoms with van der Waals surface area (Å²) < 4.78 is 0. The maximum atomic E-state index is 12.3. The third-order valence-electron chi connectivity index (χ3n) is 4.99. The molecule has 1 unspecified atom stereocenters. The largest absolute Gasteiger partial charge is 0.481 e. The summed E-state index contributed by atoms with van der Waals surface area (Å²) in [5, 5.41) is 19.0. The molecule has 1 aromatic rings. The van der Waals surface area contributed by atoms with E-state index in [-0.39, 0.29) is 18.4 Å². The Morgan fingerprint density at radius 1 is 1.19 bits per heavy atom. The van der Waals surface area contributed by atoms with Gasteiger partial charge in [0.2, 0.25) is 5.91 Å². The Labute approximate surface area is 166 Å². The monoisotopic (exact) mass is 393 g/mol. The normalized spacial score (nSPS) is 18.5. The molecule has 1 amide bonds. The van der Waals surface area contributed by atoms with E-state index in [9.17, 15) is 14.7 Å². The van der Waals surface area contributed by atoms with Crippen LogP contribution in [0.4, 0.5) is 0 Å². The zero-order chi connectivity index (χ0) is 19.5. The molecule has 0 bridgehead atoms. The quantitative estimate of drug-likeness (QED) is 0.315. The maximum Gasteiger partial charge on any atom is 0.303 e. The summed E-state index contributed by atoms with van der Waals surface area (Å²) in [6.07, 6.45) is 7.76. The first-order chi connectivity index (χ1) is 13.1. The van der Waals surface area contributed by atoms with Gasteiger partial charge in [-0.15, -0.1) is 0 Å². The summed E-state index contributed by atoms with van der Waals surface area (Å²) in [5.41, 5.74) is -0.456. The van der Waals surface area contributed by atoms with Gasteiger partial charge in [-0.3, -0.25) is 9.59 Å². The smallest absolute Gasteiger partial charge is 0.303 e. The van der Waals surface area contributed by atoms with Crippen LogP contribution in [0, 0.1) is 0 Å². The van der Waals surface area contributed by atoms with Crippen LogP contribution in [-0.2, 0) is 9.59 Å². The lowest BCUT2D eigenvalue weighted by Gasteiger charge is -2.36. The van der Waals surface area contributed by atoms with Crippen molar-refractivity contribution in [3.63, 3.8) is 0 Å². The molecule has 2 N–H and O–H groups in total. The minimum absolute atomic E-state index is 0.219. The van der Waals surface area contributed by atoms with Crippen LogP contribution in [0.5, 0.6) is 0 Å². The topological polar surface area (TPSA) is 77.8 Å². The Morgan fingerprint density at radius 3 is 2.67 bits per heavy atom. The van der Waals surface area contributed by atoms with Crippen LogP contribution in [0.3, 0.4) is 0 Å². The SMILES string of the molecule is O=C(O)CCCCCCN1C(=O)CCC[C@@H]1CCC(O)Sc1ccccc1. The third-order valence-corrected chi connectivity index (χ3v) is 6.04. The summed E-state index contributed by atoms with van der Waals surface area (Å²) in [5.74, 6) is -0.518. The lowest BCUT2D eigenvalue weighted by Crippen LogP contribution is -2.44. The number of carbonyl (C=O) groups is 2. The van der Waals surface area contributed by atoms with Gasteiger partial charge in [0.15, 0.2) is 0 Å². The van der Waals surface area contributed by atoms with Crippen molar-refractivity contribution in [1.29, 1.82) is 0 Å². The maximum absolute atomic E-state index is 12.3. The van der Waals surface area contributed by atoms with Crippen molar-refractivity contribution in [3.8, 4) is 0 Å². The predicted octanol–water partition coefficient (Wildman–Crippen LogP) is 4.29. The first kappa shape index (κ1) is 21.8. The van der Waals surface area contributed by atoms with Gasteiger partial charge < -0.3 is 15.1 Å². The van der Waals surface area contributed by atoms with E-state index >= 15 is 0 Å². The van der Waals surface area contributed by atoms with E-state index in [2.05, 4.69) is 0 Å². The van der Waals surface area contributed by atoms with Crippen molar-refractivity contribution in [2.45, 2.75) is 80.6 Å². The number of aliphatic hydroxyl groups is 1. The Bertz CT molecular complexity index is 581. The zero-order valence-electron chi connectivity index (χ0n) is 15.9. The number of amides is 1. The number of aliphatic hydroxyl groups excluding tert-OH is 1. The van der Waals surface area contributed by atoms with E-state index in [1.54, 1.807) is 0 Å². The highest BCUT2D eigenvalue weighted by Gasteiger charge is 2.27. The fraction of sp³-hybridized carbons (Fsp3) is 0.619. The van der Waals surface area contributed by atoms with Gasteiger partial charge in [0.25, 0.3) is 0 Å². The van der Waals surface area contributed by atoms with Crippen molar-refractivity contribution in [2.75, 3.05) is 6.54 Å². The van der Waals surface area contributed by atoms with E-state index in [4.69, 9.17) is 5.11 Å². The first-order valence-corrected chi connectivity index (χ1v) is 10.9. The molecule has 1 saturated heterocycles. The molecule has 0 spiro atoms. The molecule has 0 aromatic heterocycles. The number of hydrogen-bond acceptors (Lipinski definition) is 4. The second-order valence-corrected chi connectivity index (χ2v) is 8.41. The van der Waals surface area contributed by atoms with E-state index in [1.807, 2.05) is 35.2 Å².